The second-order valence-electron chi connectivity index (χ2n) is 6.00. The molecule has 0 saturated carbocycles. The number of nitrogens with one attached hydrogen (secondary N) is 1. The average molecular weight is 424 g/mol. The van der Waals surface area contributed by atoms with Crippen LogP contribution in [-0.4, -0.2) is 71.4 Å². The van der Waals surface area contributed by atoms with Crippen LogP contribution in [0.1, 0.15) is 6.42 Å². The fraction of sp³-hybridized carbons (Fsp3) is 0.562. The van der Waals surface area contributed by atoms with Crippen LogP contribution >= 0.6 is 23.2 Å². The van der Waals surface area contributed by atoms with Crippen molar-refractivity contribution in [1.29, 1.82) is 0 Å². The van der Waals surface area contributed by atoms with Crippen molar-refractivity contribution in [3.63, 3.8) is 0 Å². The molecule has 1 amide bonds. The van der Waals surface area contributed by atoms with Gasteiger partial charge in [-0.3, -0.25) is 14.0 Å². The van der Waals surface area contributed by atoms with Crippen LogP contribution in [0.5, 0.6) is 0 Å². The van der Waals surface area contributed by atoms with Gasteiger partial charge in [0.15, 0.2) is 0 Å². The van der Waals surface area contributed by atoms with Crippen LogP contribution in [-0.2, 0) is 19.6 Å². The van der Waals surface area contributed by atoms with Gasteiger partial charge in [-0.25, -0.2) is 8.42 Å². The summed E-state index contributed by atoms with van der Waals surface area (Å²) in [7, 11) is -3.69. The van der Waals surface area contributed by atoms with Gasteiger partial charge in [0.05, 0.1) is 35.2 Å². The van der Waals surface area contributed by atoms with Crippen LogP contribution in [0.3, 0.4) is 0 Å². The van der Waals surface area contributed by atoms with E-state index in [4.69, 9.17) is 27.9 Å². The van der Waals surface area contributed by atoms with Gasteiger partial charge < -0.3 is 10.1 Å². The van der Waals surface area contributed by atoms with Crippen molar-refractivity contribution in [3.8, 4) is 0 Å². The van der Waals surface area contributed by atoms with E-state index in [0.717, 1.165) is 49.8 Å². The van der Waals surface area contributed by atoms with Gasteiger partial charge in [0, 0.05) is 19.6 Å². The molecule has 26 heavy (non-hydrogen) atoms. The van der Waals surface area contributed by atoms with E-state index in [-0.39, 0.29) is 22.3 Å². The Balaban J connectivity index is 1.89. The fourth-order valence-corrected chi connectivity index (χ4v) is 3.92. The summed E-state index contributed by atoms with van der Waals surface area (Å²) in [6.45, 7) is 4.23. The highest BCUT2D eigenvalue weighted by Gasteiger charge is 2.23. The van der Waals surface area contributed by atoms with E-state index in [2.05, 4.69) is 10.2 Å². The molecule has 1 aromatic carbocycles. The number of halogens is 2. The van der Waals surface area contributed by atoms with E-state index in [1.54, 1.807) is 12.1 Å². The molecule has 10 heteroatoms. The zero-order valence-electron chi connectivity index (χ0n) is 14.6. The number of sulfonamides is 1. The highest BCUT2D eigenvalue weighted by Crippen LogP contribution is 2.33. The summed E-state index contributed by atoms with van der Waals surface area (Å²) in [5, 5.41) is 3.07. The van der Waals surface area contributed by atoms with Gasteiger partial charge in [-0.15, -0.1) is 0 Å². The Morgan fingerprint density at radius 2 is 2.00 bits per heavy atom. The molecule has 1 saturated heterocycles. The SMILES string of the molecule is CS(=O)(=O)N(CC(=O)NCCCN1CCOCC1)c1cccc(Cl)c1Cl. The molecule has 0 aromatic heterocycles. The Hall–Kier alpha value is -1.06. The predicted molar refractivity (Wildman–Crippen MR) is 104 cm³/mol. The van der Waals surface area contributed by atoms with Crippen LogP contribution < -0.4 is 9.62 Å². The Morgan fingerprint density at radius 3 is 2.65 bits per heavy atom. The zero-order chi connectivity index (χ0) is 19.2. The molecule has 0 aliphatic carbocycles. The topological polar surface area (TPSA) is 79.0 Å². The first kappa shape index (κ1) is 21.2. The minimum absolute atomic E-state index is 0.0970. The van der Waals surface area contributed by atoms with E-state index in [9.17, 15) is 13.2 Å². The molecular formula is C16H23Cl2N3O4S. The Kier molecular flexibility index (Phi) is 7.97. The summed E-state index contributed by atoms with van der Waals surface area (Å²) in [5.41, 5.74) is 0.185. The average Bonchev–Trinajstić information content (AvgIpc) is 2.59. The molecule has 0 spiro atoms. The van der Waals surface area contributed by atoms with Gasteiger partial charge >= 0.3 is 0 Å². The lowest BCUT2D eigenvalue weighted by Gasteiger charge is -2.26. The van der Waals surface area contributed by atoms with Crippen molar-refractivity contribution < 1.29 is 17.9 Å². The lowest BCUT2D eigenvalue weighted by atomic mass is 10.3. The maximum Gasteiger partial charge on any atom is 0.240 e. The van der Waals surface area contributed by atoms with Crippen molar-refractivity contribution in [1.82, 2.24) is 10.2 Å². The normalized spacial score (nSPS) is 15.7. The molecule has 1 aliphatic rings. The quantitative estimate of drug-likeness (QED) is 0.642. The number of carbonyl (C=O) groups excluding carboxylic acids is 1. The number of anilines is 1. The van der Waals surface area contributed by atoms with Crippen LogP contribution in [0, 0.1) is 0 Å². The largest absolute Gasteiger partial charge is 0.379 e. The Labute approximate surface area is 164 Å². The molecule has 1 aliphatic heterocycles. The summed E-state index contributed by atoms with van der Waals surface area (Å²) in [4.78, 5) is 14.5. The Morgan fingerprint density at radius 1 is 1.31 bits per heavy atom. The lowest BCUT2D eigenvalue weighted by Crippen LogP contribution is -2.42. The van der Waals surface area contributed by atoms with Crippen molar-refractivity contribution in [2.45, 2.75) is 6.42 Å². The molecule has 1 aromatic rings. The minimum atomic E-state index is -3.69. The zero-order valence-corrected chi connectivity index (χ0v) is 16.9. The van der Waals surface area contributed by atoms with Crippen molar-refractivity contribution >= 4 is 44.8 Å². The Bertz CT molecular complexity index is 724. The van der Waals surface area contributed by atoms with E-state index in [1.165, 1.54) is 6.07 Å². The number of hydrogen-bond acceptors (Lipinski definition) is 5. The molecule has 2 rings (SSSR count). The summed E-state index contributed by atoms with van der Waals surface area (Å²) in [6.07, 6.45) is 1.80. The number of amides is 1. The second kappa shape index (κ2) is 9.75. The molecule has 1 fully saturated rings. The number of morpholine rings is 1. The van der Waals surface area contributed by atoms with Gasteiger partial charge in [-0.1, -0.05) is 29.3 Å². The second-order valence-corrected chi connectivity index (χ2v) is 8.69. The van der Waals surface area contributed by atoms with Gasteiger partial charge in [-0.2, -0.15) is 0 Å². The monoisotopic (exact) mass is 423 g/mol. The van der Waals surface area contributed by atoms with Crippen LogP contribution in [0.15, 0.2) is 18.2 Å². The number of hydrogen-bond donors (Lipinski definition) is 1. The van der Waals surface area contributed by atoms with E-state index in [0.29, 0.717) is 6.54 Å². The van der Waals surface area contributed by atoms with Crippen LogP contribution in [0.25, 0.3) is 0 Å². The number of carbonyl (C=O) groups is 1. The summed E-state index contributed by atoms with van der Waals surface area (Å²) < 4.78 is 30.4. The van der Waals surface area contributed by atoms with E-state index in [1.807, 2.05) is 0 Å². The van der Waals surface area contributed by atoms with Gasteiger partial charge in [0.1, 0.15) is 6.54 Å². The van der Waals surface area contributed by atoms with Crippen molar-refractivity contribution in [3.05, 3.63) is 28.2 Å². The molecular weight excluding hydrogens is 401 g/mol. The lowest BCUT2D eigenvalue weighted by molar-refractivity contribution is -0.119. The van der Waals surface area contributed by atoms with Crippen LogP contribution in [0.4, 0.5) is 5.69 Å². The summed E-state index contributed by atoms with van der Waals surface area (Å²) in [6, 6.07) is 4.66. The predicted octanol–water partition coefficient (Wildman–Crippen LogP) is 1.60. The van der Waals surface area contributed by atoms with Crippen molar-refractivity contribution in [2.75, 3.05) is 56.5 Å². The molecule has 1 heterocycles. The summed E-state index contributed by atoms with van der Waals surface area (Å²) in [5.74, 6) is -0.395. The molecule has 146 valence electrons. The van der Waals surface area contributed by atoms with E-state index >= 15 is 0 Å². The third-order valence-electron chi connectivity index (χ3n) is 3.96. The molecule has 7 nitrogen and oxygen atoms in total. The first-order valence-corrected chi connectivity index (χ1v) is 10.9. The first-order valence-electron chi connectivity index (χ1n) is 8.27. The molecule has 0 bridgehead atoms. The molecule has 0 radical (unpaired) electrons. The molecule has 1 N–H and O–H groups in total. The number of ether oxygens (including phenoxy) is 1. The van der Waals surface area contributed by atoms with Gasteiger partial charge in [-0.05, 0) is 25.1 Å². The molecule has 0 unspecified atom stereocenters. The third-order valence-corrected chi connectivity index (χ3v) is 5.90. The third kappa shape index (κ3) is 6.28. The van der Waals surface area contributed by atoms with E-state index < -0.39 is 15.9 Å². The highest BCUT2D eigenvalue weighted by atomic mass is 35.5. The minimum Gasteiger partial charge on any atom is -0.379 e. The number of rotatable bonds is 8. The standard InChI is InChI=1S/C16H23Cl2N3O4S/c1-26(23,24)21(14-5-2-4-13(17)16(14)18)12-15(22)19-6-3-7-20-8-10-25-11-9-20/h2,4-5H,3,6-12H2,1H3,(H,19,22). The van der Waals surface area contributed by atoms with Crippen LogP contribution in [0.2, 0.25) is 10.0 Å². The molecule has 0 atom stereocenters. The summed E-state index contributed by atoms with van der Waals surface area (Å²) >= 11 is 12.1. The maximum absolute atomic E-state index is 12.2. The van der Waals surface area contributed by atoms with Crippen molar-refractivity contribution in [2.24, 2.45) is 0 Å². The highest BCUT2D eigenvalue weighted by molar-refractivity contribution is 7.92. The smallest absolute Gasteiger partial charge is 0.240 e. The fourth-order valence-electron chi connectivity index (χ4n) is 2.61. The van der Waals surface area contributed by atoms with Gasteiger partial charge in [0.2, 0.25) is 15.9 Å². The number of nitrogens with zero attached hydrogens (tertiary/aromatic N) is 2. The first-order chi connectivity index (χ1) is 12.3. The number of benzene rings is 1. The van der Waals surface area contributed by atoms with Gasteiger partial charge in [0.25, 0.3) is 0 Å². The maximum atomic E-state index is 12.2.